The van der Waals surface area contributed by atoms with E-state index >= 15 is 0 Å². The topological polar surface area (TPSA) is 261 Å². The SMILES string of the molecule is CC(=O)O[C@@]12CO[C@@H]1C[C@H](O)[C@@]1(C)[C@H](O)[C@H](O)C3=C(C)[C@@H](OC(=O)[C@H](O)[C@@H](NC(=O)OC(C)(C)C)c4ccncc4)[C@H](O)[C@@](O)([C@@H](OC(=O)c4ccccc4)[C@H]21)C3(C)C. The highest BCUT2D eigenvalue weighted by Gasteiger charge is 2.79. The molecular formula is C42H54N2O15. The highest BCUT2D eigenvalue weighted by molar-refractivity contribution is 5.89. The lowest BCUT2D eigenvalue weighted by atomic mass is 9.44. The molecule has 2 aromatic rings. The maximum Gasteiger partial charge on any atom is 0.408 e. The van der Waals surface area contributed by atoms with Crippen LogP contribution in [0.25, 0.3) is 0 Å². The van der Waals surface area contributed by atoms with Crippen molar-refractivity contribution in [2.75, 3.05) is 6.61 Å². The molecule has 0 spiro atoms. The van der Waals surface area contributed by atoms with Gasteiger partial charge < -0.3 is 59.6 Å². The lowest BCUT2D eigenvalue weighted by molar-refractivity contribution is -0.370. The number of alkyl carbamates (subject to hydrolysis) is 1. The first-order valence-electron chi connectivity index (χ1n) is 19.4. The van der Waals surface area contributed by atoms with Crippen molar-refractivity contribution in [3.8, 4) is 0 Å². The predicted octanol–water partition coefficient (Wildman–Crippen LogP) is 1.42. The highest BCUT2D eigenvalue weighted by atomic mass is 16.6. The van der Waals surface area contributed by atoms with E-state index in [0.29, 0.717) is 0 Å². The van der Waals surface area contributed by atoms with Crippen molar-refractivity contribution >= 4 is 24.0 Å². The molecule has 2 saturated carbocycles. The molecule has 0 radical (unpaired) electrons. The summed E-state index contributed by atoms with van der Waals surface area (Å²) in [6.07, 6.45) is -13.3. The number of carbonyl (C=O) groups excluding carboxylic acids is 4. The van der Waals surface area contributed by atoms with Gasteiger partial charge in [-0.15, -0.1) is 0 Å². The number of hydrogen-bond acceptors (Lipinski definition) is 16. The number of hydrogen-bond donors (Lipinski definition) is 7. The number of nitrogens with zero attached hydrogens (tertiary/aromatic N) is 1. The number of rotatable bonds is 8. The summed E-state index contributed by atoms with van der Waals surface area (Å²) in [5, 5.41) is 76.7. The van der Waals surface area contributed by atoms with Crippen LogP contribution in [0.2, 0.25) is 0 Å². The number of ether oxygens (including phenoxy) is 5. The Kier molecular flexibility index (Phi) is 11.6. The number of nitrogens with one attached hydrogen (secondary N) is 1. The Hall–Kier alpha value is -4.49. The second-order valence-electron chi connectivity index (χ2n) is 17.7. The summed E-state index contributed by atoms with van der Waals surface area (Å²) >= 11 is 0. The number of aliphatic hydroxyl groups excluding tert-OH is 5. The fourth-order valence-electron chi connectivity index (χ4n) is 9.83. The lowest BCUT2D eigenvalue weighted by Gasteiger charge is -2.69. The quantitative estimate of drug-likeness (QED) is 0.113. The Balaban J connectivity index is 1.51. The van der Waals surface area contributed by atoms with Crippen LogP contribution >= 0.6 is 0 Å². The molecule has 17 nitrogen and oxygen atoms in total. The molecule has 7 N–H and O–H groups in total. The molecule has 6 rings (SSSR count). The summed E-state index contributed by atoms with van der Waals surface area (Å²) in [5.41, 5.74) is -9.32. The summed E-state index contributed by atoms with van der Waals surface area (Å²) < 4.78 is 29.3. The van der Waals surface area contributed by atoms with Gasteiger partial charge in [-0.25, -0.2) is 14.4 Å². The van der Waals surface area contributed by atoms with Crippen LogP contribution in [0.4, 0.5) is 4.79 Å². The third kappa shape index (κ3) is 7.19. The molecule has 1 saturated heterocycles. The van der Waals surface area contributed by atoms with E-state index in [1.165, 1.54) is 64.4 Å². The zero-order valence-electron chi connectivity index (χ0n) is 34.2. The van der Waals surface area contributed by atoms with Crippen LogP contribution in [0, 0.1) is 16.7 Å². The van der Waals surface area contributed by atoms with Crippen LogP contribution in [-0.4, -0.2) is 132 Å². The summed E-state index contributed by atoms with van der Waals surface area (Å²) in [4.78, 5) is 58.0. The molecule has 59 heavy (non-hydrogen) atoms. The van der Waals surface area contributed by atoms with E-state index in [1.807, 2.05) is 0 Å². The third-order valence-electron chi connectivity index (χ3n) is 12.8. The summed E-state index contributed by atoms with van der Waals surface area (Å²) in [7, 11) is 0. The van der Waals surface area contributed by atoms with Gasteiger partial charge in [0.25, 0.3) is 0 Å². The number of aromatic nitrogens is 1. The molecule has 322 valence electrons. The third-order valence-corrected chi connectivity index (χ3v) is 12.8. The lowest BCUT2D eigenvalue weighted by Crippen LogP contribution is -2.84. The van der Waals surface area contributed by atoms with Gasteiger partial charge in [-0.2, -0.15) is 0 Å². The molecule has 13 atom stereocenters. The van der Waals surface area contributed by atoms with Gasteiger partial charge in [0.1, 0.15) is 35.6 Å². The van der Waals surface area contributed by atoms with E-state index in [2.05, 4.69) is 10.3 Å². The average Bonchev–Trinajstić information content (AvgIpc) is 3.16. The minimum Gasteiger partial charge on any atom is -0.455 e. The highest BCUT2D eigenvalue weighted by Crippen LogP contribution is 2.65. The molecule has 2 heterocycles. The number of amides is 1. The average molecular weight is 827 g/mol. The maximum atomic E-state index is 14.2. The van der Waals surface area contributed by atoms with E-state index in [9.17, 15) is 49.8 Å². The van der Waals surface area contributed by atoms with E-state index in [4.69, 9.17) is 23.7 Å². The van der Waals surface area contributed by atoms with Crippen molar-refractivity contribution < 1.29 is 73.5 Å². The second-order valence-corrected chi connectivity index (χ2v) is 17.7. The predicted molar refractivity (Wildman–Crippen MR) is 204 cm³/mol. The fraction of sp³-hybridized carbons (Fsp3) is 0.595. The Morgan fingerprint density at radius 3 is 2.14 bits per heavy atom. The van der Waals surface area contributed by atoms with Gasteiger partial charge in [0, 0.05) is 36.6 Å². The summed E-state index contributed by atoms with van der Waals surface area (Å²) in [6, 6.07) is 9.03. The molecule has 1 amide bonds. The first kappa shape index (κ1) is 44.1. The number of pyridine rings is 1. The van der Waals surface area contributed by atoms with E-state index in [-0.39, 0.29) is 35.3 Å². The molecule has 0 unspecified atom stereocenters. The van der Waals surface area contributed by atoms with Crippen LogP contribution < -0.4 is 5.32 Å². The first-order chi connectivity index (χ1) is 27.4. The maximum absolute atomic E-state index is 14.2. The number of fused-ring (bicyclic) bond motifs is 5. The summed E-state index contributed by atoms with van der Waals surface area (Å²) in [6.45, 7) is 11.3. The molecule has 1 aromatic heterocycles. The smallest absolute Gasteiger partial charge is 0.408 e. The second kappa shape index (κ2) is 15.5. The van der Waals surface area contributed by atoms with E-state index in [0.717, 1.165) is 6.92 Å². The molecule has 1 aliphatic heterocycles. The van der Waals surface area contributed by atoms with Crippen molar-refractivity contribution in [1.29, 1.82) is 0 Å². The van der Waals surface area contributed by atoms with Gasteiger partial charge in [0.05, 0.1) is 36.3 Å². The minimum atomic E-state index is -2.81. The Labute approximate surface area is 341 Å². The number of benzene rings is 1. The van der Waals surface area contributed by atoms with Crippen molar-refractivity contribution in [3.05, 3.63) is 77.1 Å². The van der Waals surface area contributed by atoms with Crippen LogP contribution in [-0.2, 0) is 33.3 Å². The standard InChI is InChI=1S/C42H54N2O15/c1-20-26-28(47)32(49)40(8)24(46)18-25-41(19-55-25,58-21(2)45)31(40)34(57-35(51)23-12-10-9-11-13-23)42(54,39(26,6)7)33(50)30(20)56-36(52)29(48)27(22-14-16-43-17-15-22)44-37(53)59-38(3,4)5/h9-17,24-25,27-34,46-50,54H,18-19H2,1-8H3,(H,44,53)/t24-,25+,27-,28+,29+,30+,31-,32+,33-,34-,40+,41-,42+/m0/s1. The Morgan fingerprint density at radius 2 is 1.58 bits per heavy atom. The minimum absolute atomic E-state index is 0.0144. The number of aliphatic hydroxyl groups is 6. The van der Waals surface area contributed by atoms with Gasteiger partial charge in [0.15, 0.2) is 17.8 Å². The zero-order chi connectivity index (χ0) is 43.6. The molecule has 3 aliphatic carbocycles. The largest absolute Gasteiger partial charge is 0.455 e. The number of esters is 3. The van der Waals surface area contributed by atoms with E-state index < -0.39 is 112 Å². The monoisotopic (exact) mass is 826 g/mol. The Bertz CT molecular complexity index is 1970. The molecule has 2 bridgehead atoms. The summed E-state index contributed by atoms with van der Waals surface area (Å²) in [5.74, 6) is -4.82. The van der Waals surface area contributed by atoms with Gasteiger partial charge in [-0.1, -0.05) is 39.0 Å². The van der Waals surface area contributed by atoms with Gasteiger partial charge in [-0.3, -0.25) is 9.78 Å². The zero-order valence-corrected chi connectivity index (χ0v) is 34.2. The normalized spacial score (nSPS) is 35.8. The number of carbonyl (C=O) groups is 4. The fourth-order valence-corrected chi connectivity index (χ4v) is 9.83. The van der Waals surface area contributed by atoms with Crippen molar-refractivity contribution in [1.82, 2.24) is 10.3 Å². The molecule has 3 fully saturated rings. The van der Waals surface area contributed by atoms with Gasteiger partial charge >= 0.3 is 24.0 Å². The van der Waals surface area contributed by atoms with Gasteiger partial charge in [0.2, 0.25) is 0 Å². The van der Waals surface area contributed by atoms with Crippen molar-refractivity contribution in [3.63, 3.8) is 0 Å². The Morgan fingerprint density at radius 1 is 0.949 bits per heavy atom. The molecule has 4 aliphatic rings. The molecular weight excluding hydrogens is 772 g/mol. The molecule has 1 aromatic carbocycles. The van der Waals surface area contributed by atoms with Crippen molar-refractivity contribution in [2.45, 2.75) is 133 Å². The van der Waals surface area contributed by atoms with Crippen LogP contribution in [0.5, 0.6) is 0 Å². The van der Waals surface area contributed by atoms with Crippen LogP contribution in [0.1, 0.15) is 83.8 Å². The van der Waals surface area contributed by atoms with Gasteiger partial charge in [-0.05, 0) is 68.7 Å². The van der Waals surface area contributed by atoms with Crippen LogP contribution in [0.15, 0.2) is 66.0 Å². The van der Waals surface area contributed by atoms with Crippen molar-refractivity contribution in [2.24, 2.45) is 16.7 Å². The van der Waals surface area contributed by atoms with Crippen LogP contribution in [0.3, 0.4) is 0 Å². The van der Waals surface area contributed by atoms with E-state index in [1.54, 1.807) is 39.0 Å². The molecule has 17 heteroatoms. The first-order valence-corrected chi connectivity index (χ1v) is 19.4.